The van der Waals surface area contributed by atoms with Gasteiger partial charge in [0.25, 0.3) is 0 Å². The van der Waals surface area contributed by atoms with Gasteiger partial charge >= 0.3 is 0 Å². The van der Waals surface area contributed by atoms with E-state index in [-0.39, 0.29) is 0 Å². The lowest BCUT2D eigenvalue weighted by molar-refractivity contribution is 0.0684. The Morgan fingerprint density at radius 3 is 2.87 bits per heavy atom. The van der Waals surface area contributed by atoms with Gasteiger partial charge in [0.05, 0.1) is 18.2 Å². The monoisotopic (exact) mass is 222 g/mol. The normalized spacial score (nSPS) is 16.4. The van der Waals surface area contributed by atoms with Crippen LogP contribution in [0.15, 0.2) is 24.4 Å². The Balaban J connectivity index is 1.91. The molecule has 1 aromatic rings. The van der Waals surface area contributed by atoms with Crippen LogP contribution in [0.5, 0.6) is 0 Å². The molecular weight excluding hydrogens is 208 g/mol. The first kappa shape index (κ1) is 10.5. The van der Waals surface area contributed by atoms with Gasteiger partial charge in [0.2, 0.25) is 0 Å². The topological polar surface area (TPSA) is 25.4 Å². The van der Waals surface area contributed by atoms with Crippen LogP contribution in [0.3, 0.4) is 0 Å². The lowest BCUT2D eigenvalue weighted by atomic mass is 10.2. The van der Waals surface area contributed by atoms with Gasteiger partial charge in [-0.05, 0) is 12.1 Å². The molecule has 2 rings (SSSR count). The molecule has 0 radical (unpaired) electrons. The first-order valence-electron chi connectivity index (χ1n) is 5.12. The van der Waals surface area contributed by atoms with Crippen molar-refractivity contribution in [3.05, 3.63) is 30.1 Å². The van der Waals surface area contributed by atoms with Crippen LogP contribution in [0, 0.1) is 0 Å². The van der Waals surface area contributed by atoms with Crippen LogP contribution in [0.1, 0.15) is 5.69 Å². The lowest BCUT2D eigenvalue weighted by Gasteiger charge is -2.29. The molecular formula is C11H14N2OS. The second kappa shape index (κ2) is 5.19. The molecule has 4 heteroatoms. The van der Waals surface area contributed by atoms with Crippen molar-refractivity contribution in [2.75, 3.05) is 26.3 Å². The highest BCUT2D eigenvalue weighted by molar-refractivity contribution is 7.80. The zero-order chi connectivity index (χ0) is 10.5. The molecule has 0 N–H and O–H groups in total. The van der Waals surface area contributed by atoms with E-state index in [2.05, 4.69) is 9.88 Å². The van der Waals surface area contributed by atoms with Crippen LogP contribution >= 0.6 is 12.2 Å². The van der Waals surface area contributed by atoms with Gasteiger partial charge in [-0.15, -0.1) is 0 Å². The van der Waals surface area contributed by atoms with Crippen LogP contribution in [-0.4, -0.2) is 41.2 Å². The summed E-state index contributed by atoms with van der Waals surface area (Å²) in [6, 6.07) is 5.91. The number of pyridine rings is 1. The number of hydrogen-bond donors (Lipinski definition) is 0. The molecule has 1 aromatic heterocycles. The van der Waals surface area contributed by atoms with Gasteiger partial charge in [0.15, 0.2) is 0 Å². The van der Waals surface area contributed by atoms with Gasteiger partial charge in [0.1, 0.15) is 0 Å². The predicted octanol–water partition coefficient (Wildman–Crippen LogP) is 1.28. The molecule has 0 spiro atoms. The smallest absolute Gasteiger partial charge is 0.0841 e. The molecule has 2 heterocycles. The summed E-state index contributed by atoms with van der Waals surface area (Å²) in [7, 11) is 0. The van der Waals surface area contributed by atoms with E-state index in [1.54, 1.807) is 6.20 Å². The average Bonchev–Trinajstić information content (AvgIpc) is 2.31. The van der Waals surface area contributed by atoms with Crippen molar-refractivity contribution in [2.45, 2.75) is 6.42 Å². The van der Waals surface area contributed by atoms with Crippen LogP contribution in [0.2, 0.25) is 0 Å². The molecule has 80 valence electrons. The standard InChI is InChI=1S/C11H14N2OS/c15-11(13-5-7-14-8-6-13)9-10-3-1-2-4-12-10/h1-4H,5-9H2. The van der Waals surface area contributed by atoms with Crippen molar-refractivity contribution in [1.29, 1.82) is 0 Å². The van der Waals surface area contributed by atoms with E-state index in [9.17, 15) is 0 Å². The average molecular weight is 222 g/mol. The second-order valence-corrected chi connectivity index (χ2v) is 3.96. The summed E-state index contributed by atoms with van der Waals surface area (Å²) in [6.45, 7) is 3.38. The van der Waals surface area contributed by atoms with E-state index >= 15 is 0 Å². The first-order valence-corrected chi connectivity index (χ1v) is 5.52. The summed E-state index contributed by atoms with van der Waals surface area (Å²) in [6.07, 6.45) is 2.56. The van der Waals surface area contributed by atoms with Gasteiger partial charge in [-0.3, -0.25) is 4.98 Å². The number of nitrogens with zero attached hydrogens (tertiary/aromatic N) is 2. The molecule has 0 aromatic carbocycles. The molecule has 0 aliphatic carbocycles. The fourth-order valence-corrected chi connectivity index (χ4v) is 1.91. The molecule has 0 amide bonds. The maximum absolute atomic E-state index is 5.39. The fraction of sp³-hybridized carbons (Fsp3) is 0.455. The van der Waals surface area contributed by atoms with Crippen molar-refractivity contribution in [1.82, 2.24) is 9.88 Å². The highest BCUT2D eigenvalue weighted by atomic mass is 32.1. The van der Waals surface area contributed by atoms with E-state index in [0.717, 1.165) is 43.4 Å². The Labute approximate surface area is 95.1 Å². The van der Waals surface area contributed by atoms with Crippen molar-refractivity contribution < 1.29 is 4.74 Å². The summed E-state index contributed by atoms with van der Waals surface area (Å²) in [5.41, 5.74) is 1.04. The third kappa shape index (κ3) is 2.97. The van der Waals surface area contributed by atoms with Gasteiger partial charge in [-0.1, -0.05) is 18.3 Å². The Morgan fingerprint density at radius 2 is 2.20 bits per heavy atom. The number of rotatable bonds is 2. The van der Waals surface area contributed by atoms with Gasteiger partial charge < -0.3 is 9.64 Å². The minimum atomic E-state index is 0.760. The summed E-state index contributed by atoms with van der Waals surface area (Å²) in [5, 5.41) is 0. The molecule has 1 aliphatic heterocycles. The van der Waals surface area contributed by atoms with E-state index in [1.165, 1.54) is 0 Å². The predicted molar refractivity (Wildman–Crippen MR) is 62.9 cm³/mol. The quantitative estimate of drug-likeness (QED) is 0.704. The third-order valence-corrected chi connectivity index (χ3v) is 2.82. The SMILES string of the molecule is S=C(Cc1ccccn1)N1CCOCC1. The van der Waals surface area contributed by atoms with Gasteiger partial charge in [-0.25, -0.2) is 0 Å². The second-order valence-electron chi connectivity index (χ2n) is 3.49. The van der Waals surface area contributed by atoms with Crippen LogP contribution in [0.25, 0.3) is 0 Å². The Morgan fingerprint density at radius 1 is 1.40 bits per heavy atom. The van der Waals surface area contributed by atoms with E-state index in [4.69, 9.17) is 17.0 Å². The van der Waals surface area contributed by atoms with Gasteiger partial charge in [-0.2, -0.15) is 0 Å². The third-order valence-electron chi connectivity index (χ3n) is 2.42. The molecule has 0 saturated carbocycles. The number of ether oxygens (including phenoxy) is 1. The first-order chi connectivity index (χ1) is 7.36. The zero-order valence-electron chi connectivity index (χ0n) is 8.56. The summed E-state index contributed by atoms with van der Waals surface area (Å²) >= 11 is 5.39. The molecule has 1 aliphatic rings. The van der Waals surface area contributed by atoms with Crippen molar-refractivity contribution in [2.24, 2.45) is 0 Å². The minimum absolute atomic E-state index is 0.760. The summed E-state index contributed by atoms with van der Waals surface area (Å²) in [5.74, 6) is 0. The number of morpholine rings is 1. The van der Waals surface area contributed by atoms with Crippen molar-refractivity contribution in [3.63, 3.8) is 0 Å². The Bertz CT molecular complexity index is 323. The molecule has 1 saturated heterocycles. The molecule has 3 nitrogen and oxygen atoms in total. The molecule has 15 heavy (non-hydrogen) atoms. The Hall–Kier alpha value is -1.00. The summed E-state index contributed by atoms with van der Waals surface area (Å²) in [4.78, 5) is 7.44. The molecule has 0 atom stereocenters. The van der Waals surface area contributed by atoms with Gasteiger partial charge in [0, 0.05) is 31.4 Å². The lowest BCUT2D eigenvalue weighted by Crippen LogP contribution is -2.40. The van der Waals surface area contributed by atoms with Crippen molar-refractivity contribution in [3.8, 4) is 0 Å². The molecule has 0 bridgehead atoms. The van der Waals surface area contributed by atoms with E-state index in [0.29, 0.717) is 0 Å². The maximum Gasteiger partial charge on any atom is 0.0841 e. The molecule has 1 fully saturated rings. The summed E-state index contributed by atoms with van der Waals surface area (Å²) < 4.78 is 5.28. The highest BCUT2D eigenvalue weighted by Gasteiger charge is 2.13. The van der Waals surface area contributed by atoms with E-state index < -0.39 is 0 Å². The molecule has 0 unspecified atom stereocenters. The van der Waals surface area contributed by atoms with E-state index in [1.807, 2.05) is 18.2 Å². The zero-order valence-corrected chi connectivity index (χ0v) is 9.37. The van der Waals surface area contributed by atoms with Crippen LogP contribution < -0.4 is 0 Å². The minimum Gasteiger partial charge on any atom is -0.378 e. The number of hydrogen-bond acceptors (Lipinski definition) is 3. The number of aromatic nitrogens is 1. The largest absolute Gasteiger partial charge is 0.378 e. The highest BCUT2D eigenvalue weighted by Crippen LogP contribution is 2.04. The van der Waals surface area contributed by atoms with Crippen LogP contribution in [-0.2, 0) is 11.2 Å². The fourth-order valence-electron chi connectivity index (χ4n) is 1.58. The van der Waals surface area contributed by atoms with Crippen LogP contribution in [0.4, 0.5) is 0 Å². The van der Waals surface area contributed by atoms with Crippen molar-refractivity contribution >= 4 is 17.2 Å². The maximum atomic E-state index is 5.39. The number of thiocarbonyl (C=S) groups is 1. The Kier molecular flexibility index (Phi) is 3.64.